The summed E-state index contributed by atoms with van der Waals surface area (Å²) < 4.78 is 25.9. The second-order valence-electron chi connectivity index (χ2n) is 4.46. The van der Waals surface area contributed by atoms with Gasteiger partial charge >= 0.3 is 0 Å². The highest BCUT2D eigenvalue weighted by molar-refractivity contribution is 5.37. The van der Waals surface area contributed by atoms with Crippen molar-refractivity contribution < 1.29 is 19.0 Å². The molecule has 0 aliphatic heterocycles. The Kier molecular flexibility index (Phi) is 3.64. The molecule has 0 aliphatic rings. The van der Waals surface area contributed by atoms with Crippen molar-refractivity contribution >= 4 is 0 Å². The van der Waals surface area contributed by atoms with Gasteiger partial charge in [0.25, 0.3) is 0 Å². The van der Waals surface area contributed by atoms with Crippen LogP contribution < -0.4 is 0 Å². The Morgan fingerprint density at radius 3 is 1.42 bits per heavy atom. The summed E-state index contributed by atoms with van der Waals surface area (Å²) in [7, 11) is 0. The van der Waals surface area contributed by atoms with Gasteiger partial charge in [0.05, 0.1) is 6.10 Å². The highest BCUT2D eigenvalue weighted by Gasteiger charge is 2.36. The van der Waals surface area contributed by atoms with Gasteiger partial charge in [-0.15, -0.1) is 0 Å². The van der Waals surface area contributed by atoms with Crippen LogP contribution >= 0.6 is 0 Å². The molecule has 0 aromatic heterocycles. The van der Waals surface area contributed by atoms with Gasteiger partial charge in [-0.05, 0) is 42.3 Å². The molecule has 2 aromatic rings. The van der Waals surface area contributed by atoms with Crippen molar-refractivity contribution in [2.24, 2.45) is 0 Å². The lowest BCUT2D eigenvalue weighted by Gasteiger charge is -2.32. The normalized spacial score (nSPS) is 13.3. The fourth-order valence-corrected chi connectivity index (χ4v) is 2.06. The van der Waals surface area contributed by atoms with Gasteiger partial charge in [0.1, 0.15) is 17.2 Å². The third kappa shape index (κ3) is 2.50. The van der Waals surface area contributed by atoms with Gasteiger partial charge in [0.2, 0.25) is 0 Å². The summed E-state index contributed by atoms with van der Waals surface area (Å²) in [6.45, 7) is 1.42. The number of aliphatic hydroxyl groups excluding tert-OH is 1. The van der Waals surface area contributed by atoms with Crippen LogP contribution in [-0.4, -0.2) is 16.3 Å². The summed E-state index contributed by atoms with van der Waals surface area (Å²) in [6, 6.07) is 10.4. The zero-order valence-electron chi connectivity index (χ0n) is 10.3. The number of hydrogen-bond acceptors (Lipinski definition) is 2. The van der Waals surface area contributed by atoms with E-state index in [1.165, 1.54) is 55.5 Å². The van der Waals surface area contributed by atoms with Gasteiger partial charge in [-0.3, -0.25) is 0 Å². The summed E-state index contributed by atoms with van der Waals surface area (Å²) in [5, 5.41) is 20.6. The molecule has 2 N–H and O–H groups in total. The van der Waals surface area contributed by atoms with Crippen molar-refractivity contribution in [3.8, 4) is 0 Å². The molecule has 2 rings (SSSR count). The summed E-state index contributed by atoms with van der Waals surface area (Å²) in [5.41, 5.74) is -1.02. The smallest absolute Gasteiger partial charge is 0.140 e. The molecular weight excluding hydrogens is 250 g/mol. The molecular formula is C15H14F2O2. The van der Waals surface area contributed by atoms with E-state index in [2.05, 4.69) is 0 Å². The van der Waals surface area contributed by atoms with Crippen LogP contribution in [0.4, 0.5) is 8.78 Å². The van der Waals surface area contributed by atoms with Crippen LogP contribution in [0.3, 0.4) is 0 Å². The second kappa shape index (κ2) is 5.07. The average Bonchev–Trinajstić information content (AvgIpc) is 2.39. The van der Waals surface area contributed by atoms with Crippen molar-refractivity contribution in [1.29, 1.82) is 0 Å². The monoisotopic (exact) mass is 264 g/mol. The maximum Gasteiger partial charge on any atom is 0.140 e. The quantitative estimate of drug-likeness (QED) is 0.894. The molecule has 0 radical (unpaired) electrons. The van der Waals surface area contributed by atoms with Crippen molar-refractivity contribution in [1.82, 2.24) is 0 Å². The first-order valence-corrected chi connectivity index (χ1v) is 5.87. The lowest BCUT2D eigenvalue weighted by molar-refractivity contribution is -0.0395. The van der Waals surface area contributed by atoms with Crippen molar-refractivity contribution in [3.05, 3.63) is 71.3 Å². The summed E-state index contributed by atoms with van der Waals surface area (Å²) in [6.07, 6.45) is -1.14. The van der Waals surface area contributed by atoms with Crippen LogP contribution in [0.15, 0.2) is 48.5 Å². The van der Waals surface area contributed by atoms with E-state index in [0.717, 1.165) is 0 Å². The van der Waals surface area contributed by atoms with Crippen molar-refractivity contribution in [2.45, 2.75) is 18.6 Å². The summed E-state index contributed by atoms with van der Waals surface area (Å²) >= 11 is 0. The molecule has 0 heterocycles. The number of aliphatic hydroxyl groups is 2. The Bertz CT molecular complexity index is 502. The highest BCUT2D eigenvalue weighted by atomic mass is 19.1. The van der Waals surface area contributed by atoms with Gasteiger partial charge in [0, 0.05) is 0 Å². The molecule has 0 unspecified atom stereocenters. The maximum atomic E-state index is 12.9. The molecule has 0 spiro atoms. The molecule has 4 heteroatoms. The number of hydrogen-bond donors (Lipinski definition) is 2. The largest absolute Gasteiger partial charge is 0.390 e. The molecule has 0 amide bonds. The maximum absolute atomic E-state index is 12.9. The van der Waals surface area contributed by atoms with Crippen LogP contribution in [0.5, 0.6) is 0 Å². The van der Waals surface area contributed by atoms with E-state index in [0.29, 0.717) is 11.1 Å². The predicted molar refractivity (Wildman–Crippen MR) is 67.5 cm³/mol. The Balaban J connectivity index is 2.54. The SMILES string of the molecule is C[C@H](O)C(O)(c1ccc(F)cc1)c1ccc(F)cc1. The second-order valence-corrected chi connectivity index (χ2v) is 4.46. The van der Waals surface area contributed by atoms with Gasteiger partial charge in [-0.25, -0.2) is 8.78 Å². The van der Waals surface area contributed by atoms with Gasteiger partial charge in [-0.2, -0.15) is 0 Å². The van der Waals surface area contributed by atoms with E-state index in [1.54, 1.807) is 0 Å². The van der Waals surface area contributed by atoms with Crippen molar-refractivity contribution in [3.63, 3.8) is 0 Å². The predicted octanol–water partition coefficient (Wildman–Crippen LogP) is 2.58. The Hall–Kier alpha value is -1.78. The van der Waals surface area contributed by atoms with Crippen molar-refractivity contribution in [2.75, 3.05) is 0 Å². The van der Waals surface area contributed by atoms with E-state index in [4.69, 9.17) is 0 Å². The highest BCUT2D eigenvalue weighted by Crippen LogP contribution is 2.33. The third-order valence-electron chi connectivity index (χ3n) is 3.17. The van der Waals surface area contributed by atoms with Gasteiger partial charge < -0.3 is 10.2 Å². The molecule has 0 aliphatic carbocycles. The molecule has 0 bridgehead atoms. The van der Waals surface area contributed by atoms with E-state index in [1.807, 2.05) is 0 Å². The van der Waals surface area contributed by atoms with Crippen LogP contribution in [0.25, 0.3) is 0 Å². The van der Waals surface area contributed by atoms with E-state index in [-0.39, 0.29) is 0 Å². The Labute approximate surface area is 110 Å². The van der Waals surface area contributed by atoms with E-state index >= 15 is 0 Å². The van der Waals surface area contributed by atoms with Gasteiger partial charge in [-0.1, -0.05) is 24.3 Å². The zero-order chi connectivity index (χ0) is 14.0. The van der Waals surface area contributed by atoms with Crippen LogP contribution in [0, 0.1) is 11.6 Å². The van der Waals surface area contributed by atoms with Gasteiger partial charge in [0.15, 0.2) is 0 Å². The minimum absolute atomic E-state index is 0.343. The average molecular weight is 264 g/mol. The molecule has 1 atom stereocenters. The molecule has 0 saturated heterocycles. The molecule has 2 aromatic carbocycles. The van der Waals surface area contributed by atoms with Crippen LogP contribution in [-0.2, 0) is 5.60 Å². The minimum Gasteiger partial charge on any atom is -0.390 e. The first-order valence-electron chi connectivity index (χ1n) is 5.87. The zero-order valence-corrected chi connectivity index (χ0v) is 10.3. The summed E-state index contributed by atoms with van der Waals surface area (Å²) in [5.74, 6) is -0.869. The molecule has 19 heavy (non-hydrogen) atoms. The Morgan fingerprint density at radius 2 is 1.16 bits per heavy atom. The number of rotatable bonds is 3. The van der Waals surface area contributed by atoms with Crippen LogP contribution in [0.1, 0.15) is 18.1 Å². The molecule has 100 valence electrons. The fraction of sp³-hybridized carbons (Fsp3) is 0.200. The standard InChI is InChI=1S/C15H14F2O2/c1-10(18)15(19,11-2-6-13(16)7-3-11)12-4-8-14(17)9-5-12/h2-10,18-19H,1H3/t10-/m0/s1. The lowest BCUT2D eigenvalue weighted by Crippen LogP contribution is -2.38. The fourth-order valence-electron chi connectivity index (χ4n) is 2.06. The first kappa shape index (κ1) is 13.6. The molecule has 0 fully saturated rings. The molecule has 2 nitrogen and oxygen atoms in total. The first-order chi connectivity index (χ1) is 8.94. The third-order valence-corrected chi connectivity index (χ3v) is 3.17. The summed E-state index contributed by atoms with van der Waals surface area (Å²) in [4.78, 5) is 0. The van der Waals surface area contributed by atoms with Crippen LogP contribution in [0.2, 0.25) is 0 Å². The number of benzene rings is 2. The Morgan fingerprint density at radius 1 is 0.842 bits per heavy atom. The molecule has 0 saturated carbocycles. The topological polar surface area (TPSA) is 40.5 Å². The minimum atomic E-state index is -1.71. The number of halogens is 2. The lowest BCUT2D eigenvalue weighted by atomic mass is 9.82. The van der Waals surface area contributed by atoms with E-state index in [9.17, 15) is 19.0 Å². The van der Waals surface area contributed by atoms with E-state index < -0.39 is 23.3 Å².